The van der Waals surface area contributed by atoms with Gasteiger partial charge in [0.2, 0.25) is 0 Å². The Balaban J connectivity index is 1.66. The maximum absolute atomic E-state index is 12.5. The minimum absolute atomic E-state index is 0.0260. The zero-order chi connectivity index (χ0) is 18.1. The number of hydrogen-bond donors (Lipinski definition) is 0. The van der Waals surface area contributed by atoms with E-state index in [0.29, 0.717) is 5.56 Å². The largest absolute Gasteiger partial charge is 0.334 e. The van der Waals surface area contributed by atoms with Crippen LogP contribution in [0.2, 0.25) is 0 Å². The lowest BCUT2D eigenvalue weighted by molar-refractivity contribution is 0.0992. The van der Waals surface area contributed by atoms with Crippen LogP contribution in [-0.2, 0) is 13.5 Å². The summed E-state index contributed by atoms with van der Waals surface area (Å²) < 4.78 is 1.94. The Morgan fingerprint density at radius 3 is 2.73 bits per heavy atom. The fraction of sp³-hybridized carbons (Fsp3) is 0.150. The molecule has 0 aliphatic rings. The van der Waals surface area contributed by atoms with Crippen LogP contribution in [0, 0.1) is 6.92 Å². The third-order valence-corrected chi connectivity index (χ3v) is 4.30. The first-order valence-corrected chi connectivity index (χ1v) is 8.27. The molecule has 128 valence electrons. The number of carbonyl (C=O) groups excluding carboxylic acids is 1. The van der Waals surface area contributed by atoms with Gasteiger partial charge in [-0.1, -0.05) is 0 Å². The first kappa shape index (κ1) is 16.1. The molecule has 0 aliphatic carbocycles. The number of hydrogen-bond acceptors (Lipinski definition) is 5. The van der Waals surface area contributed by atoms with E-state index in [-0.39, 0.29) is 12.2 Å². The lowest BCUT2D eigenvalue weighted by Crippen LogP contribution is -2.06. The van der Waals surface area contributed by atoms with Crippen LogP contribution in [-0.4, -0.2) is 30.3 Å². The standard InChI is InChI=1S/C20H17N5O/c1-13-5-14(3-4-22-13)20(26)8-17-7-15-6-16(9-24-18(15)10-23-17)19-11-21-12-25(19)2/h3-7,9-12H,8H2,1-2H3. The number of ketones is 1. The molecule has 6 nitrogen and oxygen atoms in total. The van der Waals surface area contributed by atoms with Gasteiger partial charge < -0.3 is 4.57 Å². The molecule has 0 saturated carbocycles. The molecule has 0 bridgehead atoms. The molecule has 0 atom stereocenters. The predicted octanol–water partition coefficient (Wildman–Crippen LogP) is 3.16. The molecule has 0 spiro atoms. The van der Waals surface area contributed by atoms with Gasteiger partial charge in [-0.2, -0.15) is 0 Å². The van der Waals surface area contributed by atoms with E-state index in [1.54, 1.807) is 37.1 Å². The molecule has 0 radical (unpaired) electrons. The second kappa shape index (κ2) is 6.48. The molecule has 0 saturated heterocycles. The molecule has 26 heavy (non-hydrogen) atoms. The highest BCUT2D eigenvalue weighted by Crippen LogP contribution is 2.22. The summed E-state index contributed by atoms with van der Waals surface area (Å²) in [6, 6.07) is 7.50. The molecular weight excluding hydrogens is 326 g/mol. The van der Waals surface area contributed by atoms with Crippen molar-refractivity contribution in [2.24, 2.45) is 7.05 Å². The van der Waals surface area contributed by atoms with E-state index in [1.165, 1.54) is 0 Å². The van der Waals surface area contributed by atoms with Crippen LogP contribution >= 0.6 is 0 Å². The SMILES string of the molecule is Cc1cc(C(=O)Cc2cc3cc(-c4cncn4C)cnc3cn2)ccn1. The number of imidazole rings is 1. The molecule has 0 aliphatic heterocycles. The van der Waals surface area contributed by atoms with Gasteiger partial charge in [0.25, 0.3) is 0 Å². The molecule has 4 aromatic heterocycles. The number of pyridine rings is 3. The highest BCUT2D eigenvalue weighted by Gasteiger charge is 2.10. The van der Waals surface area contributed by atoms with Crippen LogP contribution < -0.4 is 0 Å². The summed E-state index contributed by atoms with van der Waals surface area (Å²) in [5, 5.41) is 0.951. The Hall–Kier alpha value is -3.41. The summed E-state index contributed by atoms with van der Waals surface area (Å²) in [6.07, 6.45) is 8.98. The minimum Gasteiger partial charge on any atom is -0.334 e. The normalized spacial score (nSPS) is 11.0. The Labute approximate surface area is 150 Å². The van der Waals surface area contributed by atoms with Crippen LogP contribution in [0.5, 0.6) is 0 Å². The van der Waals surface area contributed by atoms with Crippen LogP contribution in [0.4, 0.5) is 0 Å². The maximum atomic E-state index is 12.5. The number of rotatable bonds is 4. The summed E-state index contributed by atoms with van der Waals surface area (Å²) >= 11 is 0. The Bertz CT molecular complexity index is 1120. The third-order valence-electron chi connectivity index (χ3n) is 4.30. The van der Waals surface area contributed by atoms with E-state index in [1.807, 2.05) is 36.9 Å². The van der Waals surface area contributed by atoms with Crippen molar-refractivity contribution in [3.8, 4) is 11.3 Å². The topological polar surface area (TPSA) is 73.6 Å². The van der Waals surface area contributed by atoms with Crippen molar-refractivity contribution >= 4 is 16.7 Å². The number of nitrogens with zero attached hydrogens (tertiary/aromatic N) is 5. The molecule has 0 aromatic carbocycles. The van der Waals surface area contributed by atoms with Gasteiger partial charge in [0.15, 0.2) is 5.78 Å². The zero-order valence-electron chi connectivity index (χ0n) is 14.5. The fourth-order valence-corrected chi connectivity index (χ4v) is 2.93. The third kappa shape index (κ3) is 3.09. The summed E-state index contributed by atoms with van der Waals surface area (Å²) in [4.78, 5) is 29.6. The van der Waals surface area contributed by atoms with E-state index in [2.05, 4.69) is 19.9 Å². The van der Waals surface area contributed by atoms with Crippen LogP contribution in [0.25, 0.3) is 22.2 Å². The maximum Gasteiger partial charge on any atom is 0.168 e. The number of aromatic nitrogens is 5. The summed E-state index contributed by atoms with van der Waals surface area (Å²) in [7, 11) is 1.94. The molecule has 0 unspecified atom stereocenters. The first-order chi connectivity index (χ1) is 12.6. The van der Waals surface area contributed by atoms with E-state index in [0.717, 1.165) is 33.5 Å². The van der Waals surface area contributed by atoms with Gasteiger partial charge in [0, 0.05) is 47.3 Å². The molecule has 0 amide bonds. The Morgan fingerprint density at radius 2 is 1.96 bits per heavy atom. The van der Waals surface area contributed by atoms with Crippen LogP contribution in [0.3, 0.4) is 0 Å². The summed E-state index contributed by atoms with van der Waals surface area (Å²) in [6.45, 7) is 1.87. The van der Waals surface area contributed by atoms with Gasteiger partial charge in [-0.05, 0) is 31.2 Å². The van der Waals surface area contributed by atoms with Crippen LogP contribution in [0.15, 0.2) is 55.4 Å². The number of carbonyl (C=O) groups is 1. The van der Waals surface area contributed by atoms with E-state index in [4.69, 9.17) is 0 Å². The highest BCUT2D eigenvalue weighted by atomic mass is 16.1. The average molecular weight is 343 g/mol. The molecular formula is C20H17N5O. The van der Waals surface area contributed by atoms with Crippen molar-refractivity contribution in [1.29, 1.82) is 0 Å². The number of fused-ring (bicyclic) bond motifs is 1. The van der Waals surface area contributed by atoms with Gasteiger partial charge in [-0.25, -0.2) is 4.98 Å². The van der Waals surface area contributed by atoms with Gasteiger partial charge in [-0.3, -0.25) is 19.7 Å². The average Bonchev–Trinajstić information content (AvgIpc) is 3.07. The summed E-state index contributed by atoms with van der Waals surface area (Å²) in [5.74, 6) is 0.0260. The number of aryl methyl sites for hydroxylation is 2. The van der Waals surface area contributed by atoms with E-state index < -0.39 is 0 Å². The fourth-order valence-electron chi connectivity index (χ4n) is 2.93. The van der Waals surface area contributed by atoms with Crippen molar-refractivity contribution < 1.29 is 4.79 Å². The van der Waals surface area contributed by atoms with Gasteiger partial charge >= 0.3 is 0 Å². The van der Waals surface area contributed by atoms with Gasteiger partial charge in [0.1, 0.15) is 0 Å². The second-order valence-electron chi connectivity index (χ2n) is 6.27. The van der Waals surface area contributed by atoms with Crippen molar-refractivity contribution in [2.75, 3.05) is 0 Å². The molecule has 6 heteroatoms. The zero-order valence-corrected chi connectivity index (χ0v) is 14.5. The van der Waals surface area contributed by atoms with Crippen molar-refractivity contribution in [3.05, 3.63) is 72.3 Å². The van der Waals surface area contributed by atoms with Crippen LogP contribution in [0.1, 0.15) is 21.7 Å². The van der Waals surface area contributed by atoms with Crippen molar-refractivity contribution in [1.82, 2.24) is 24.5 Å². The lowest BCUT2D eigenvalue weighted by atomic mass is 10.1. The van der Waals surface area contributed by atoms with E-state index >= 15 is 0 Å². The molecule has 4 rings (SSSR count). The highest BCUT2D eigenvalue weighted by molar-refractivity contribution is 5.97. The smallest absolute Gasteiger partial charge is 0.168 e. The molecule has 4 heterocycles. The summed E-state index contributed by atoms with van der Waals surface area (Å²) in [5.41, 5.74) is 4.97. The van der Waals surface area contributed by atoms with Gasteiger partial charge in [-0.15, -0.1) is 0 Å². The minimum atomic E-state index is 0.0260. The molecule has 0 fully saturated rings. The second-order valence-corrected chi connectivity index (χ2v) is 6.27. The number of Topliss-reactive ketones (excluding diaryl/α,β-unsaturated/α-hetero) is 1. The Kier molecular flexibility index (Phi) is 4.01. The van der Waals surface area contributed by atoms with Gasteiger partial charge in [0.05, 0.1) is 36.4 Å². The van der Waals surface area contributed by atoms with E-state index in [9.17, 15) is 4.79 Å². The lowest BCUT2D eigenvalue weighted by Gasteiger charge is -2.06. The van der Waals surface area contributed by atoms with Crippen molar-refractivity contribution in [3.63, 3.8) is 0 Å². The predicted molar refractivity (Wildman–Crippen MR) is 98.7 cm³/mol. The quantitative estimate of drug-likeness (QED) is 0.532. The molecule has 4 aromatic rings. The Morgan fingerprint density at radius 1 is 1.08 bits per heavy atom. The first-order valence-electron chi connectivity index (χ1n) is 8.27. The van der Waals surface area contributed by atoms with Crippen molar-refractivity contribution in [2.45, 2.75) is 13.3 Å². The molecule has 0 N–H and O–H groups in total. The monoisotopic (exact) mass is 343 g/mol.